The third-order valence-electron chi connectivity index (χ3n) is 7.18. The van der Waals surface area contributed by atoms with Crippen LogP contribution in [0.1, 0.15) is 0 Å². The predicted octanol–water partition coefficient (Wildman–Crippen LogP) is 6.03. The maximum Gasteiger partial charge on any atom is 0.145 e. The van der Waals surface area contributed by atoms with Gasteiger partial charge in [0.25, 0.3) is 0 Å². The SMILES string of the molecule is Nc1ccc(-n2c(-c3ccc(-c4nc5ccccc5n4-c4ccc(N)c(N)c4)cc3)nc3ccccc32)cc1N. The zero-order valence-electron chi connectivity index (χ0n) is 21.5. The Morgan fingerprint density at radius 2 is 0.825 bits per heavy atom. The second kappa shape index (κ2) is 8.92. The Bertz CT molecular complexity index is 1900. The monoisotopic (exact) mass is 522 g/mol. The Morgan fingerprint density at radius 3 is 1.23 bits per heavy atom. The highest BCUT2D eigenvalue weighted by Crippen LogP contribution is 2.34. The summed E-state index contributed by atoms with van der Waals surface area (Å²) in [5.74, 6) is 1.61. The first-order chi connectivity index (χ1) is 19.5. The Kier molecular flexibility index (Phi) is 5.21. The molecule has 2 aromatic heterocycles. The molecule has 0 fully saturated rings. The van der Waals surface area contributed by atoms with E-state index in [0.29, 0.717) is 22.7 Å². The summed E-state index contributed by atoms with van der Waals surface area (Å²) in [6.45, 7) is 0. The van der Waals surface area contributed by atoms with Crippen LogP contribution in [0.15, 0.2) is 109 Å². The predicted molar refractivity (Wildman–Crippen MR) is 164 cm³/mol. The van der Waals surface area contributed by atoms with E-state index in [1.54, 1.807) is 0 Å². The van der Waals surface area contributed by atoms with Gasteiger partial charge in [0.05, 0.1) is 44.8 Å². The van der Waals surface area contributed by atoms with Crippen molar-refractivity contribution in [3.63, 3.8) is 0 Å². The van der Waals surface area contributed by atoms with Crippen LogP contribution in [0, 0.1) is 0 Å². The highest BCUT2D eigenvalue weighted by Gasteiger charge is 2.18. The number of benzene rings is 5. The van der Waals surface area contributed by atoms with Gasteiger partial charge in [-0.3, -0.25) is 9.13 Å². The fourth-order valence-corrected chi connectivity index (χ4v) is 5.13. The first-order valence-corrected chi connectivity index (χ1v) is 12.8. The second-order valence-corrected chi connectivity index (χ2v) is 9.72. The van der Waals surface area contributed by atoms with Gasteiger partial charge in [-0.1, -0.05) is 48.5 Å². The van der Waals surface area contributed by atoms with Gasteiger partial charge in [0.1, 0.15) is 11.6 Å². The number of fused-ring (bicyclic) bond motifs is 2. The standard InChI is InChI=1S/C32H26N8/c33-23-15-13-21(17-25(23)35)39-29-7-3-1-5-27(29)37-31(39)19-9-11-20(12-10-19)32-38-28-6-2-4-8-30(28)40(32)22-14-16-24(34)26(36)18-22/h1-18H,33-36H2. The molecule has 0 atom stereocenters. The third-order valence-corrected chi connectivity index (χ3v) is 7.18. The van der Waals surface area contributed by atoms with Crippen molar-refractivity contribution in [3.8, 4) is 34.2 Å². The molecule has 0 unspecified atom stereocenters. The van der Waals surface area contributed by atoms with Crippen LogP contribution in [-0.4, -0.2) is 19.1 Å². The molecule has 0 spiro atoms. The number of hydrogen-bond donors (Lipinski definition) is 4. The van der Waals surface area contributed by atoms with Crippen molar-refractivity contribution >= 4 is 44.8 Å². The Labute approximate surface area is 230 Å². The molecule has 0 saturated heterocycles. The number of para-hydroxylation sites is 4. The van der Waals surface area contributed by atoms with Crippen molar-refractivity contribution in [3.05, 3.63) is 109 Å². The smallest absolute Gasteiger partial charge is 0.145 e. The summed E-state index contributed by atoms with van der Waals surface area (Å²) in [7, 11) is 0. The summed E-state index contributed by atoms with van der Waals surface area (Å²) >= 11 is 0. The molecule has 0 aliphatic carbocycles. The van der Waals surface area contributed by atoms with Gasteiger partial charge >= 0.3 is 0 Å². The van der Waals surface area contributed by atoms with Crippen LogP contribution in [0.2, 0.25) is 0 Å². The average molecular weight is 523 g/mol. The van der Waals surface area contributed by atoms with E-state index in [1.165, 1.54) is 0 Å². The zero-order chi connectivity index (χ0) is 27.4. The van der Waals surface area contributed by atoms with Crippen molar-refractivity contribution in [2.45, 2.75) is 0 Å². The van der Waals surface area contributed by atoms with Crippen molar-refractivity contribution in [1.82, 2.24) is 19.1 Å². The maximum atomic E-state index is 6.17. The molecule has 0 amide bonds. The van der Waals surface area contributed by atoms with Crippen molar-refractivity contribution in [2.75, 3.05) is 22.9 Å². The number of anilines is 4. The van der Waals surface area contributed by atoms with Gasteiger partial charge in [0, 0.05) is 22.5 Å². The summed E-state index contributed by atoms with van der Waals surface area (Å²) < 4.78 is 4.21. The molecule has 0 aliphatic heterocycles. The number of rotatable bonds is 4. The summed E-state index contributed by atoms with van der Waals surface area (Å²) in [4.78, 5) is 9.95. The normalized spacial score (nSPS) is 11.4. The summed E-state index contributed by atoms with van der Waals surface area (Å²) in [6.07, 6.45) is 0. The molecular weight excluding hydrogens is 496 g/mol. The van der Waals surface area contributed by atoms with E-state index in [4.69, 9.17) is 32.9 Å². The lowest BCUT2D eigenvalue weighted by Crippen LogP contribution is -2.02. The molecule has 40 heavy (non-hydrogen) atoms. The fourth-order valence-electron chi connectivity index (χ4n) is 5.13. The molecule has 0 aliphatic rings. The second-order valence-electron chi connectivity index (χ2n) is 9.72. The molecule has 2 heterocycles. The molecule has 8 heteroatoms. The molecule has 0 radical (unpaired) electrons. The van der Waals surface area contributed by atoms with E-state index >= 15 is 0 Å². The third kappa shape index (κ3) is 3.70. The Morgan fingerprint density at radius 1 is 0.425 bits per heavy atom. The van der Waals surface area contributed by atoms with Crippen LogP contribution in [0.25, 0.3) is 56.2 Å². The van der Waals surface area contributed by atoms with Gasteiger partial charge in [-0.2, -0.15) is 0 Å². The number of nitrogens with two attached hydrogens (primary N) is 4. The zero-order valence-corrected chi connectivity index (χ0v) is 21.5. The van der Waals surface area contributed by atoms with Crippen LogP contribution in [-0.2, 0) is 0 Å². The van der Waals surface area contributed by atoms with Crippen LogP contribution in [0.4, 0.5) is 22.7 Å². The van der Waals surface area contributed by atoms with Crippen molar-refractivity contribution in [1.29, 1.82) is 0 Å². The van der Waals surface area contributed by atoms with E-state index < -0.39 is 0 Å². The van der Waals surface area contributed by atoms with E-state index in [-0.39, 0.29) is 0 Å². The average Bonchev–Trinajstić information content (AvgIpc) is 3.55. The van der Waals surface area contributed by atoms with Gasteiger partial charge < -0.3 is 22.9 Å². The van der Waals surface area contributed by atoms with Crippen LogP contribution < -0.4 is 22.9 Å². The van der Waals surface area contributed by atoms with Gasteiger partial charge in [0.15, 0.2) is 0 Å². The first-order valence-electron chi connectivity index (χ1n) is 12.8. The summed E-state index contributed by atoms with van der Waals surface area (Å²) in [5, 5.41) is 0. The molecular formula is C32H26N8. The quantitative estimate of drug-likeness (QED) is 0.208. The fraction of sp³-hybridized carbons (Fsp3) is 0. The van der Waals surface area contributed by atoms with Crippen molar-refractivity contribution in [2.24, 2.45) is 0 Å². The molecule has 0 bridgehead atoms. The first kappa shape index (κ1) is 23.4. The van der Waals surface area contributed by atoms with Crippen LogP contribution in [0.5, 0.6) is 0 Å². The summed E-state index contributed by atoms with van der Waals surface area (Å²) in [5.41, 5.74) is 33.9. The minimum atomic E-state index is 0.527. The lowest BCUT2D eigenvalue weighted by Gasteiger charge is -2.13. The number of nitrogens with zero attached hydrogens (tertiary/aromatic N) is 4. The lowest BCUT2D eigenvalue weighted by molar-refractivity contribution is 1.10. The summed E-state index contributed by atoms with van der Waals surface area (Å²) in [6, 6.07) is 35.6. The van der Waals surface area contributed by atoms with E-state index in [9.17, 15) is 0 Å². The highest BCUT2D eigenvalue weighted by molar-refractivity contribution is 5.86. The molecule has 5 aromatic carbocycles. The van der Waals surface area contributed by atoms with E-state index in [0.717, 1.165) is 56.2 Å². The highest BCUT2D eigenvalue weighted by atomic mass is 15.1. The molecule has 194 valence electrons. The Hall–Kier alpha value is -5.76. The van der Waals surface area contributed by atoms with Crippen molar-refractivity contribution < 1.29 is 0 Å². The largest absolute Gasteiger partial charge is 0.397 e. The van der Waals surface area contributed by atoms with Gasteiger partial charge in [-0.05, 0) is 60.7 Å². The number of aromatic nitrogens is 4. The van der Waals surface area contributed by atoms with E-state index in [2.05, 4.69) is 33.4 Å². The molecule has 0 saturated carbocycles. The lowest BCUT2D eigenvalue weighted by atomic mass is 10.1. The topological polar surface area (TPSA) is 140 Å². The molecule has 7 aromatic rings. The molecule has 8 nitrogen and oxygen atoms in total. The van der Waals surface area contributed by atoms with Crippen LogP contribution >= 0.6 is 0 Å². The van der Waals surface area contributed by atoms with Crippen LogP contribution in [0.3, 0.4) is 0 Å². The number of nitrogen functional groups attached to an aromatic ring is 4. The van der Waals surface area contributed by atoms with Gasteiger partial charge in [0.2, 0.25) is 0 Å². The molecule has 8 N–H and O–H groups in total. The minimum Gasteiger partial charge on any atom is -0.397 e. The Balaban J connectivity index is 1.38. The van der Waals surface area contributed by atoms with Gasteiger partial charge in [-0.15, -0.1) is 0 Å². The number of imidazole rings is 2. The maximum absolute atomic E-state index is 6.17. The molecule has 7 rings (SSSR count). The van der Waals surface area contributed by atoms with Gasteiger partial charge in [-0.25, -0.2) is 9.97 Å². The number of hydrogen-bond acceptors (Lipinski definition) is 6. The van der Waals surface area contributed by atoms with E-state index in [1.807, 2.05) is 84.9 Å². The minimum absolute atomic E-state index is 0.527.